The summed E-state index contributed by atoms with van der Waals surface area (Å²) >= 11 is 0. The maximum Gasteiger partial charge on any atom is 0.269 e. The molecule has 1 aromatic heterocycles. The highest BCUT2D eigenvalue weighted by molar-refractivity contribution is 7.89. The number of benzene rings is 2. The monoisotopic (exact) mass is 485 g/mol. The molecule has 180 valence electrons. The van der Waals surface area contributed by atoms with Gasteiger partial charge < -0.3 is 0 Å². The molecule has 2 amide bonds. The highest BCUT2D eigenvalue weighted by atomic mass is 32.2. The van der Waals surface area contributed by atoms with E-state index in [1.165, 1.54) is 33.4 Å². The van der Waals surface area contributed by atoms with Crippen LogP contribution in [0.25, 0.3) is 11.4 Å². The van der Waals surface area contributed by atoms with E-state index in [1.807, 2.05) is 30.3 Å². The van der Waals surface area contributed by atoms with E-state index in [-0.39, 0.29) is 16.9 Å². The Morgan fingerprint density at radius 3 is 2.44 bits per heavy atom. The van der Waals surface area contributed by atoms with E-state index in [0.717, 1.165) is 5.56 Å². The number of aromatic nitrogens is 4. The number of sulfonamides is 1. The van der Waals surface area contributed by atoms with Gasteiger partial charge in [0.1, 0.15) is 0 Å². The smallest absolute Gasteiger partial charge is 0.269 e. The number of amides is 2. The van der Waals surface area contributed by atoms with Gasteiger partial charge in [0.15, 0.2) is 0 Å². The summed E-state index contributed by atoms with van der Waals surface area (Å²) in [5.41, 5.74) is 5.62. The van der Waals surface area contributed by atoms with Gasteiger partial charge in [0, 0.05) is 30.6 Å². The number of carbonyl (C=O) groups excluding carboxylic acids is 2. The summed E-state index contributed by atoms with van der Waals surface area (Å²) in [5, 5.41) is 12.3. The number of nitrogens with one attached hydrogen (secondary N) is 2. The predicted octanol–water partition coefficient (Wildman–Crippen LogP) is 1.61. The Balaban J connectivity index is 1.48. The summed E-state index contributed by atoms with van der Waals surface area (Å²) in [5.74, 6) is -0.512. The van der Waals surface area contributed by atoms with Crippen molar-refractivity contribution in [3.8, 4) is 11.4 Å². The van der Waals surface area contributed by atoms with Gasteiger partial charge in [0.25, 0.3) is 5.91 Å². The zero-order valence-electron chi connectivity index (χ0n) is 19.0. The van der Waals surface area contributed by atoms with Crippen LogP contribution < -0.4 is 10.9 Å². The van der Waals surface area contributed by atoms with E-state index in [4.69, 9.17) is 0 Å². The molecule has 0 bridgehead atoms. The topological polar surface area (TPSA) is 139 Å². The summed E-state index contributed by atoms with van der Waals surface area (Å²) in [4.78, 5) is 25.9. The SMILES string of the molecule is CCN(CC)S(=O)(=O)c1cccc(C(=O)NNC(=O)CCCn2nnc(-c3ccccc3)n2)c1. The Hall–Kier alpha value is -3.64. The average molecular weight is 486 g/mol. The summed E-state index contributed by atoms with van der Waals surface area (Å²) in [7, 11) is -3.70. The average Bonchev–Trinajstić information content (AvgIpc) is 3.33. The Morgan fingerprint density at radius 2 is 1.74 bits per heavy atom. The van der Waals surface area contributed by atoms with Crippen molar-refractivity contribution >= 4 is 21.8 Å². The Bertz CT molecular complexity index is 1220. The fourth-order valence-corrected chi connectivity index (χ4v) is 4.70. The first-order chi connectivity index (χ1) is 16.3. The van der Waals surface area contributed by atoms with E-state index in [0.29, 0.717) is 31.9 Å². The van der Waals surface area contributed by atoms with Crippen LogP contribution >= 0.6 is 0 Å². The number of nitrogens with zero attached hydrogens (tertiary/aromatic N) is 5. The van der Waals surface area contributed by atoms with Crippen molar-refractivity contribution in [3.05, 3.63) is 60.2 Å². The molecule has 0 radical (unpaired) electrons. The number of aryl methyl sites for hydroxylation is 1. The van der Waals surface area contributed by atoms with Gasteiger partial charge in [-0.05, 0) is 29.8 Å². The fraction of sp³-hybridized carbons (Fsp3) is 0.318. The van der Waals surface area contributed by atoms with Crippen LogP contribution in [-0.2, 0) is 21.4 Å². The second kappa shape index (κ2) is 11.5. The molecule has 0 spiro atoms. The lowest BCUT2D eigenvalue weighted by Gasteiger charge is -2.18. The van der Waals surface area contributed by atoms with Crippen molar-refractivity contribution in [2.75, 3.05) is 13.1 Å². The molecule has 0 aliphatic carbocycles. The normalized spacial score (nSPS) is 11.4. The largest absolute Gasteiger partial charge is 0.273 e. The van der Waals surface area contributed by atoms with E-state index in [9.17, 15) is 18.0 Å². The number of rotatable bonds is 10. The zero-order chi connectivity index (χ0) is 24.6. The van der Waals surface area contributed by atoms with Gasteiger partial charge in [-0.3, -0.25) is 20.4 Å². The third-order valence-corrected chi connectivity index (χ3v) is 7.05. The van der Waals surface area contributed by atoms with Crippen LogP contribution in [0, 0.1) is 0 Å². The molecule has 0 atom stereocenters. The van der Waals surface area contributed by atoms with Crippen LogP contribution in [0.2, 0.25) is 0 Å². The maximum absolute atomic E-state index is 12.7. The first-order valence-corrected chi connectivity index (χ1v) is 12.3. The zero-order valence-corrected chi connectivity index (χ0v) is 19.8. The summed E-state index contributed by atoms with van der Waals surface area (Å²) in [6.07, 6.45) is 0.558. The second-order valence-corrected chi connectivity index (χ2v) is 9.24. The molecule has 0 aliphatic rings. The molecular weight excluding hydrogens is 458 g/mol. The third kappa shape index (κ3) is 6.23. The quantitative estimate of drug-likeness (QED) is 0.416. The number of hydrogen-bond donors (Lipinski definition) is 2. The van der Waals surface area contributed by atoms with Crippen molar-refractivity contribution in [3.63, 3.8) is 0 Å². The standard InChI is InChI=1S/C22H27N7O4S/c1-3-28(4-2)34(32,33)19-13-8-12-18(16-19)22(31)25-23-20(30)14-9-15-29-26-21(24-27-29)17-10-6-5-7-11-17/h5-8,10-13,16H,3-4,9,14-15H2,1-2H3,(H,23,30)(H,25,31). The Kier molecular flexibility index (Phi) is 8.44. The molecule has 2 N–H and O–H groups in total. The minimum Gasteiger partial charge on any atom is -0.273 e. The van der Waals surface area contributed by atoms with Crippen molar-refractivity contribution in [2.45, 2.75) is 38.1 Å². The van der Waals surface area contributed by atoms with E-state index in [2.05, 4.69) is 26.3 Å². The highest BCUT2D eigenvalue weighted by Gasteiger charge is 2.22. The molecule has 0 fully saturated rings. The molecule has 3 aromatic rings. The van der Waals surface area contributed by atoms with Crippen molar-refractivity contribution < 1.29 is 18.0 Å². The summed E-state index contributed by atoms with van der Waals surface area (Å²) in [6, 6.07) is 15.1. The molecule has 1 heterocycles. The lowest BCUT2D eigenvalue weighted by Crippen LogP contribution is -2.41. The third-order valence-electron chi connectivity index (χ3n) is 5.00. The van der Waals surface area contributed by atoms with Crippen LogP contribution in [0.4, 0.5) is 0 Å². The molecule has 0 saturated carbocycles. The second-order valence-electron chi connectivity index (χ2n) is 7.30. The van der Waals surface area contributed by atoms with Crippen molar-refractivity contribution in [1.82, 2.24) is 35.4 Å². The maximum atomic E-state index is 12.7. The number of carbonyl (C=O) groups is 2. The van der Waals surface area contributed by atoms with Crippen LogP contribution in [0.3, 0.4) is 0 Å². The van der Waals surface area contributed by atoms with Gasteiger partial charge in [-0.1, -0.05) is 50.2 Å². The van der Waals surface area contributed by atoms with Crippen molar-refractivity contribution in [1.29, 1.82) is 0 Å². The minimum atomic E-state index is -3.70. The first kappa shape index (κ1) is 25.0. The van der Waals surface area contributed by atoms with Gasteiger partial charge in [-0.25, -0.2) is 8.42 Å². The Morgan fingerprint density at radius 1 is 1.00 bits per heavy atom. The lowest BCUT2D eigenvalue weighted by molar-refractivity contribution is -0.122. The van der Waals surface area contributed by atoms with Gasteiger partial charge in [0.05, 0.1) is 11.4 Å². The van der Waals surface area contributed by atoms with E-state index in [1.54, 1.807) is 13.8 Å². The van der Waals surface area contributed by atoms with Gasteiger partial charge >= 0.3 is 0 Å². The first-order valence-electron chi connectivity index (χ1n) is 10.9. The van der Waals surface area contributed by atoms with Gasteiger partial charge in [-0.2, -0.15) is 9.10 Å². The van der Waals surface area contributed by atoms with Crippen LogP contribution in [0.15, 0.2) is 59.5 Å². The highest BCUT2D eigenvalue weighted by Crippen LogP contribution is 2.17. The van der Waals surface area contributed by atoms with Gasteiger partial charge in [-0.15, -0.1) is 10.2 Å². The molecule has 0 saturated heterocycles. The molecule has 2 aromatic carbocycles. The Labute approximate surface area is 198 Å². The van der Waals surface area contributed by atoms with E-state index >= 15 is 0 Å². The number of hydrazine groups is 1. The van der Waals surface area contributed by atoms with E-state index < -0.39 is 21.8 Å². The molecule has 0 aliphatic heterocycles. The molecular formula is C22H27N7O4S. The van der Waals surface area contributed by atoms with Crippen molar-refractivity contribution in [2.24, 2.45) is 0 Å². The van der Waals surface area contributed by atoms with Gasteiger partial charge in [0.2, 0.25) is 21.8 Å². The van der Waals surface area contributed by atoms with Crippen LogP contribution in [0.5, 0.6) is 0 Å². The molecule has 3 rings (SSSR count). The summed E-state index contributed by atoms with van der Waals surface area (Å²) < 4.78 is 26.6. The lowest BCUT2D eigenvalue weighted by atomic mass is 10.2. The molecule has 11 nitrogen and oxygen atoms in total. The number of hydrogen-bond acceptors (Lipinski definition) is 7. The minimum absolute atomic E-state index is 0.0189. The van der Waals surface area contributed by atoms with Crippen LogP contribution in [-0.4, -0.2) is 57.8 Å². The fourth-order valence-electron chi connectivity index (χ4n) is 3.19. The molecule has 0 unspecified atom stereocenters. The predicted molar refractivity (Wildman–Crippen MR) is 125 cm³/mol. The summed E-state index contributed by atoms with van der Waals surface area (Å²) in [6.45, 7) is 4.51. The molecule has 12 heteroatoms. The molecule has 34 heavy (non-hydrogen) atoms. The van der Waals surface area contributed by atoms with Crippen LogP contribution in [0.1, 0.15) is 37.0 Å². The number of tetrazole rings is 1.